The van der Waals surface area contributed by atoms with Gasteiger partial charge >= 0.3 is 0 Å². The lowest BCUT2D eigenvalue weighted by atomic mass is 10.1. The molecule has 0 radical (unpaired) electrons. The summed E-state index contributed by atoms with van der Waals surface area (Å²) >= 11 is 3.17. The Morgan fingerprint density at radius 2 is 1.45 bits per heavy atom. The van der Waals surface area contributed by atoms with Gasteiger partial charge in [0.25, 0.3) is 11.8 Å². The average molecular weight is 469 g/mol. The van der Waals surface area contributed by atoms with E-state index < -0.39 is 17.6 Å². The van der Waals surface area contributed by atoms with E-state index in [-0.39, 0.29) is 11.1 Å². The third kappa shape index (κ3) is 5.83. The molecule has 0 bridgehead atoms. The van der Waals surface area contributed by atoms with Crippen LogP contribution in [0.15, 0.2) is 34.8 Å². The predicted octanol–water partition coefficient (Wildman–Crippen LogP) is 3.86. The number of carbonyl (C=O) groups excluding carboxylic acids is 2. The molecule has 2 aromatic rings. The molecular formula is C20H22BrFN2O5. The van der Waals surface area contributed by atoms with E-state index in [4.69, 9.17) is 14.2 Å². The Morgan fingerprint density at radius 3 is 2.00 bits per heavy atom. The van der Waals surface area contributed by atoms with E-state index in [0.717, 1.165) is 6.07 Å². The fourth-order valence-electron chi connectivity index (χ4n) is 2.44. The molecule has 7 nitrogen and oxygen atoms in total. The number of nitrogens with one attached hydrogen (secondary N) is 2. The van der Waals surface area contributed by atoms with Crippen LogP contribution in [0.4, 0.5) is 4.39 Å². The van der Waals surface area contributed by atoms with E-state index in [1.54, 1.807) is 13.8 Å². The van der Waals surface area contributed by atoms with Gasteiger partial charge in [0.05, 0.1) is 25.4 Å². The van der Waals surface area contributed by atoms with E-state index in [0.29, 0.717) is 41.5 Å². The zero-order valence-corrected chi connectivity index (χ0v) is 17.9. The summed E-state index contributed by atoms with van der Waals surface area (Å²) in [5, 5.41) is 0. The number of hydrazine groups is 1. The Balaban J connectivity index is 2.23. The van der Waals surface area contributed by atoms with Crippen LogP contribution in [0.2, 0.25) is 0 Å². The van der Waals surface area contributed by atoms with Gasteiger partial charge < -0.3 is 14.2 Å². The Hall–Kier alpha value is -2.81. The summed E-state index contributed by atoms with van der Waals surface area (Å²) in [5.41, 5.74) is 4.80. The van der Waals surface area contributed by atoms with Crippen LogP contribution >= 0.6 is 15.9 Å². The largest absolute Gasteiger partial charge is 0.490 e. The van der Waals surface area contributed by atoms with Crippen molar-refractivity contribution in [1.82, 2.24) is 10.9 Å². The lowest BCUT2D eigenvalue weighted by Gasteiger charge is -2.17. The zero-order valence-electron chi connectivity index (χ0n) is 16.3. The van der Waals surface area contributed by atoms with Crippen molar-refractivity contribution in [3.8, 4) is 17.2 Å². The molecular weight excluding hydrogens is 447 g/mol. The molecule has 0 fully saturated rings. The third-order valence-corrected chi connectivity index (χ3v) is 4.33. The van der Waals surface area contributed by atoms with Crippen LogP contribution in [0.25, 0.3) is 0 Å². The van der Waals surface area contributed by atoms with Crippen molar-refractivity contribution >= 4 is 27.7 Å². The van der Waals surface area contributed by atoms with Gasteiger partial charge in [0.15, 0.2) is 11.5 Å². The van der Waals surface area contributed by atoms with Crippen LogP contribution in [0.5, 0.6) is 17.2 Å². The van der Waals surface area contributed by atoms with E-state index in [9.17, 15) is 14.0 Å². The second-order valence-electron chi connectivity index (χ2n) is 5.63. The molecule has 2 N–H and O–H groups in total. The van der Waals surface area contributed by atoms with Crippen LogP contribution in [-0.4, -0.2) is 31.6 Å². The number of hydrogen-bond acceptors (Lipinski definition) is 5. The van der Waals surface area contributed by atoms with Crippen molar-refractivity contribution in [2.45, 2.75) is 20.8 Å². The first kappa shape index (κ1) is 22.5. The molecule has 0 saturated heterocycles. The molecule has 0 aromatic heterocycles. The summed E-state index contributed by atoms with van der Waals surface area (Å²) in [6, 6.07) is 6.67. The number of amides is 2. The van der Waals surface area contributed by atoms with Gasteiger partial charge in [0.2, 0.25) is 5.75 Å². The molecule has 156 valence electrons. The van der Waals surface area contributed by atoms with E-state index in [2.05, 4.69) is 26.8 Å². The van der Waals surface area contributed by atoms with Crippen LogP contribution in [0, 0.1) is 5.82 Å². The molecule has 0 unspecified atom stereocenters. The Morgan fingerprint density at radius 1 is 0.897 bits per heavy atom. The molecule has 0 atom stereocenters. The van der Waals surface area contributed by atoms with Gasteiger partial charge in [-0.15, -0.1) is 0 Å². The van der Waals surface area contributed by atoms with Gasteiger partial charge in [0, 0.05) is 10.0 Å². The summed E-state index contributed by atoms with van der Waals surface area (Å²) in [6.07, 6.45) is 0. The first-order valence-corrected chi connectivity index (χ1v) is 9.82. The van der Waals surface area contributed by atoms with Gasteiger partial charge in [0.1, 0.15) is 5.82 Å². The van der Waals surface area contributed by atoms with Crippen molar-refractivity contribution < 1.29 is 28.2 Å². The van der Waals surface area contributed by atoms with Crippen molar-refractivity contribution in [3.05, 3.63) is 51.7 Å². The Bertz CT molecular complexity index is 864. The van der Waals surface area contributed by atoms with Crippen molar-refractivity contribution in [2.75, 3.05) is 19.8 Å². The molecule has 2 rings (SSSR count). The maximum Gasteiger partial charge on any atom is 0.270 e. The normalized spacial score (nSPS) is 10.2. The number of benzene rings is 2. The highest BCUT2D eigenvalue weighted by molar-refractivity contribution is 9.10. The van der Waals surface area contributed by atoms with Gasteiger partial charge in [-0.1, -0.05) is 0 Å². The monoisotopic (exact) mass is 468 g/mol. The first-order chi connectivity index (χ1) is 13.9. The maximum atomic E-state index is 13.4. The number of halogens is 2. The van der Waals surface area contributed by atoms with E-state index >= 15 is 0 Å². The zero-order chi connectivity index (χ0) is 21.4. The molecule has 9 heteroatoms. The van der Waals surface area contributed by atoms with Crippen LogP contribution in [0.3, 0.4) is 0 Å². The molecule has 0 saturated carbocycles. The molecule has 0 heterocycles. The molecule has 0 aliphatic carbocycles. The fourth-order valence-corrected chi connectivity index (χ4v) is 2.87. The highest BCUT2D eigenvalue weighted by Crippen LogP contribution is 2.39. The summed E-state index contributed by atoms with van der Waals surface area (Å²) in [6.45, 7) is 6.55. The number of hydrogen-bond donors (Lipinski definition) is 2. The van der Waals surface area contributed by atoms with Crippen molar-refractivity contribution in [1.29, 1.82) is 0 Å². The van der Waals surface area contributed by atoms with Crippen molar-refractivity contribution in [3.63, 3.8) is 0 Å². The minimum absolute atomic E-state index is 0.0435. The van der Waals surface area contributed by atoms with Gasteiger partial charge in [-0.25, -0.2) is 4.39 Å². The van der Waals surface area contributed by atoms with Gasteiger partial charge in [-0.2, -0.15) is 0 Å². The van der Waals surface area contributed by atoms with Crippen molar-refractivity contribution in [2.24, 2.45) is 0 Å². The third-order valence-electron chi connectivity index (χ3n) is 3.63. The number of carbonyl (C=O) groups is 2. The van der Waals surface area contributed by atoms with E-state index in [1.165, 1.54) is 24.3 Å². The second kappa shape index (κ2) is 10.7. The first-order valence-electron chi connectivity index (χ1n) is 9.03. The van der Waals surface area contributed by atoms with Crippen LogP contribution in [-0.2, 0) is 0 Å². The second-order valence-corrected chi connectivity index (χ2v) is 6.49. The minimum atomic E-state index is -0.675. The molecule has 29 heavy (non-hydrogen) atoms. The molecule has 2 aromatic carbocycles. The van der Waals surface area contributed by atoms with Gasteiger partial charge in [-0.05, 0) is 67.0 Å². The Kier molecular flexibility index (Phi) is 8.26. The summed E-state index contributed by atoms with van der Waals surface area (Å²) in [7, 11) is 0. The average Bonchev–Trinajstić information content (AvgIpc) is 2.70. The maximum absolute atomic E-state index is 13.4. The smallest absolute Gasteiger partial charge is 0.270 e. The summed E-state index contributed by atoms with van der Waals surface area (Å²) in [4.78, 5) is 24.8. The highest BCUT2D eigenvalue weighted by atomic mass is 79.9. The molecule has 2 amide bonds. The van der Waals surface area contributed by atoms with Crippen LogP contribution < -0.4 is 25.1 Å². The van der Waals surface area contributed by atoms with E-state index in [1.807, 2.05) is 6.92 Å². The summed E-state index contributed by atoms with van der Waals surface area (Å²) < 4.78 is 30.5. The highest BCUT2D eigenvalue weighted by Gasteiger charge is 2.19. The lowest BCUT2D eigenvalue weighted by molar-refractivity contribution is 0.0845. The minimum Gasteiger partial charge on any atom is -0.490 e. The molecule has 0 aliphatic heterocycles. The summed E-state index contributed by atoms with van der Waals surface area (Å²) in [5.74, 6) is -0.741. The molecule has 0 aliphatic rings. The number of rotatable bonds is 8. The number of ether oxygens (including phenoxy) is 3. The standard InChI is InChI=1S/C20H22BrFN2O5/c1-4-27-16-9-12(10-17(28-5-2)18(16)29-6-3)19(25)23-24-20(26)14-11-13(22)7-8-15(14)21/h7-11H,4-6H2,1-3H3,(H,23,25)(H,24,26). The van der Waals surface area contributed by atoms with Gasteiger partial charge in [-0.3, -0.25) is 20.4 Å². The quantitative estimate of drug-likeness (QED) is 0.574. The SMILES string of the molecule is CCOc1cc(C(=O)NNC(=O)c2cc(F)ccc2Br)cc(OCC)c1OCC. The molecule has 0 spiro atoms. The predicted molar refractivity (Wildman–Crippen MR) is 109 cm³/mol. The Labute approximate surface area is 176 Å². The lowest BCUT2D eigenvalue weighted by Crippen LogP contribution is -2.41. The fraction of sp³-hybridized carbons (Fsp3) is 0.300. The van der Waals surface area contributed by atoms with Crippen LogP contribution in [0.1, 0.15) is 41.5 Å². The topological polar surface area (TPSA) is 85.9 Å².